The predicted molar refractivity (Wildman–Crippen MR) is 219 cm³/mol. The Bertz CT molecular complexity index is 1170. The zero-order valence-corrected chi connectivity index (χ0v) is 34.0. The molecule has 3 atom stereocenters. The molecule has 11 heteroatoms. The van der Waals surface area contributed by atoms with Crippen LogP contribution in [0.25, 0.3) is 0 Å². The van der Waals surface area contributed by atoms with Crippen molar-refractivity contribution in [3.05, 3.63) is 85.1 Å². The number of carbonyl (C=O) groups excluding carboxylic acids is 2. The Hall–Kier alpha value is -2.85. The minimum Gasteiger partial charge on any atom is -0.462 e. The van der Waals surface area contributed by atoms with Crippen LogP contribution in [0, 0.1) is 0 Å². The summed E-state index contributed by atoms with van der Waals surface area (Å²) in [7, 11) is -4.64. The highest BCUT2D eigenvalue weighted by molar-refractivity contribution is 7.47. The summed E-state index contributed by atoms with van der Waals surface area (Å²) in [5.74, 6) is -1.04. The third-order valence-electron chi connectivity index (χ3n) is 7.89. The Morgan fingerprint density at radius 2 is 1.11 bits per heavy atom. The van der Waals surface area contributed by atoms with Crippen LogP contribution in [0.2, 0.25) is 0 Å². The maximum atomic E-state index is 12.5. The van der Waals surface area contributed by atoms with Crippen molar-refractivity contribution < 1.29 is 47.8 Å². The fraction of sp³-hybridized carbons (Fsp3) is 0.628. The highest BCUT2D eigenvalue weighted by Gasteiger charge is 2.27. The summed E-state index contributed by atoms with van der Waals surface area (Å²) >= 11 is 0. The molecule has 0 radical (unpaired) electrons. The Morgan fingerprint density at radius 3 is 1.74 bits per heavy atom. The maximum absolute atomic E-state index is 12.5. The Morgan fingerprint density at radius 1 is 0.574 bits per heavy atom. The van der Waals surface area contributed by atoms with Gasteiger partial charge in [-0.05, 0) is 51.4 Å². The molecule has 0 saturated carbocycles. The van der Waals surface area contributed by atoms with Crippen LogP contribution in [0.1, 0.15) is 136 Å². The number of phosphoric acid groups is 1. The lowest BCUT2D eigenvalue weighted by molar-refractivity contribution is -0.161. The monoisotopic (exact) mass is 778 g/mol. The average Bonchev–Trinajstić information content (AvgIpc) is 3.16. The summed E-state index contributed by atoms with van der Waals surface area (Å²) in [5, 5.41) is 18.3. The number of unbranched alkanes of at least 4 members (excludes halogenated alkanes) is 12. The molecule has 0 aliphatic heterocycles. The highest BCUT2D eigenvalue weighted by Crippen LogP contribution is 2.43. The van der Waals surface area contributed by atoms with Crippen LogP contribution in [0.5, 0.6) is 0 Å². The number of hydrogen-bond acceptors (Lipinski definition) is 9. The first kappa shape index (κ1) is 51.1. The lowest BCUT2D eigenvalue weighted by atomic mass is 10.1. The smallest absolute Gasteiger partial charge is 0.462 e. The van der Waals surface area contributed by atoms with E-state index in [1.54, 1.807) is 0 Å². The number of rotatable bonds is 36. The molecule has 0 aromatic rings. The van der Waals surface area contributed by atoms with Gasteiger partial charge in [-0.2, -0.15) is 0 Å². The molecule has 308 valence electrons. The first-order valence-electron chi connectivity index (χ1n) is 20.1. The molecule has 0 saturated heterocycles. The van der Waals surface area contributed by atoms with E-state index in [1.165, 1.54) is 38.5 Å². The molecule has 54 heavy (non-hydrogen) atoms. The number of phosphoric ester groups is 1. The largest absolute Gasteiger partial charge is 0.472 e. The lowest BCUT2D eigenvalue weighted by Crippen LogP contribution is -2.29. The van der Waals surface area contributed by atoms with Crippen LogP contribution in [-0.2, 0) is 32.7 Å². The van der Waals surface area contributed by atoms with Gasteiger partial charge in [0, 0.05) is 12.8 Å². The number of hydrogen-bond donors (Lipinski definition) is 3. The quantitative estimate of drug-likeness (QED) is 0.0184. The van der Waals surface area contributed by atoms with Crippen LogP contribution in [-0.4, -0.2) is 65.7 Å². The standard InChI is InChI=1S/C43H71O10P/c1-3-5-7-9-11-13-15-17-18-19-20-21-23-24-26-28-30-32-34-42(46)50-38-41(39-52-54(48,49)51-37-40(45)36-44)53-43(47)35-33-31-29-27-25-22-16-14-12-10-8-6-4-2/h7,9,11,13,15,17-22,25,29,31,40-41,44-45H,3-6,8,10,12,14,16,23-24,26-28,30,32-39H2,1-2H3,(H,48,49)/b9-7+,13-11+,17-15+,19-18+,21-20+,25-22+,31-29+/t40-,41?/m1/s1. The van der Waals surface area contributed by atoms with Crippen LogP contribution >= 0.6 is 7.82 Å². The van der Waals surface area contributed by atoms with E-state index in [-0.39, 0.29) is 19.4 Å². The van der Waals surface area contributed by atoms with Gasteiger partial charge >= 0.3 is 19.8 Å². The van der Waals surface area contributed by atoms with Gasteiger partial charge in [-0.3, -0.25) is 18.6 Å². The molecular formula is C43H71O10P. The molecule has 0 spiro atoms. The Balaban J connectivity index is 4.48. The number of carbonyl (C=O) groups is 2. The SMILES string of the molecule is CCC/C=C/C=C/C=C/C=C/C=C/CCCCCCCC(=O)OCC(COP(=O)(O)OC[C@H](O)CO)OC(=O)CC/C=C/C/C=C/CCCCCCCC. The molecule has 2 unspecified atom stereocenters. The summed E-state index contributed by atoms with van der Waals surface area (Å²) in [5.41, 5.74) is 0. The Kier molecular flexibility index (Phi) is 36.4. The van der Waals surface area contributed by atoms with Gasteiger partial charge in [-0.15, -0.1) is 0 Å². The van der Waals surface area contributed by atoms with E-state index in [0.717, 1.165) is 57.8 Å². The average molecular weight is 779 g/mol. The van der Waals surface area contributed by atoms with E-state index >= 15 is 0 Å². The fourth-order valence-corrected chi connectivity index (χ4v) is 5.57. The first-order chi connectivity index (χ1) is 26.2. The number of aliphatic hydroxyl groups excluding tert-OH is 2. The van der Waals surface area contributed by atoms with Crippen molar-refractivity contribution in [3.8, 4) is 0 Å². The van der Waals surface area contributed by atoms with Gasteiger partial charge in [0.25, 0.3) is 0 Å². The fourth-order valence-electron chi connectivity index (χ4n) is 4.78. The minimum absolute atomic E-state index is 0.0670. The van der Waals surface area contributed by atoms with Crippen molar-refractivity contribution in [2.75, 3.05) is 26.4 Å². The maximum Gasteiger partial charge on any atom is 0.472 e. The van der Waals surface area contributed by atoms with Crippen LogP contribution in [0.3, 0.4) is 0 Å². The van der Waals surface area contributed by atoms with Crippen molar-refractivity contribution in [2.24, 2.45) is 0 Å². The van der Waals surface area contributed by atoms with Crippen LogP contribution < -0.4 is 0 Å². The lowest BCUT2D eigenvalue weighted by Gasteiger charge is -2.20. The molecular weight excluding hydrogens is 707 g/mol. The summed E-state index contributed by atoms with van der Waals surface area (Å²) in [4.78, 5) is 34.8. The number of ether oxygens (including phenoxy) is 2. The van der Waals surface area contributed by atoms with Gasteiger partial charge in [-0.1, -0.05) is 157 Å². The van der Waals surface area contributed by atoms with E-state index in [0.29, 0.717) is 12.8 Å². The molecule has 0 bridgehead atoms. The van der Waals surface area contributed by atoms with E-state index in [4.69, 9.17) is 19.1 Å². The molecule has 3 N–H and O–H groups in total. The molecule has 0 aromatic heterocycles. The van der Waals surface area contributed by atoms with E-state index in [9.17, 15) is 24.2 Å². The molecule has 0 amide bonds. The second-order valence-electron chi connectivity index (χ2n) is 13.1. The zero-order chi connectivity index (χ0) is 39.8. The molecule has 0 fully saturated rings. The third-order valence-corrected chi connectivity index (χ3v) is 8.85. The third kappa shape index (κ3) is 37.5. The van der Waals surface area contributed by atoms with E-state index in [1.807, 2.05) is 54.7 Å². The Labute approximate surface area is 326 Å². The molecule has 10 nitrogen and oxygen atoms in total. The topological polar surface area (TPSA) is 149 Å². The highest BCUT2D eigenvalue weighted by atomic mass is 31.2. The van der Waals surface area contributed by atoms with Crippen LogP contribution in [0.15, 0.2) is 85.1 Å². The van der Waals surface area contributed by atoms with Gasteiger partial charge in [-0.25, -0.2) is 4.57 Å². The molecule has 0 rings (SSSR count). The minimum atomic E-state index is -4.64. The van der Waals surface area contributed by atoms with Gasteiger partial charge in [0.15, 0.2) is 6.10 Å². The van der Waals surface area contributed by atoms with Crippen molar-refractivity contribution in [1.29, 1.82) is 0 Å². The van der Waals surface area contributed by atoms with Gasteiger partial charge in [0.2, 0.25) is 0 Å². The summed E-state index contributed by atoms with van der Waals surface area (Å²) < 4.78 is 32.5. The summed E-state index contributed by atoms with van der Waals surface area (Å²) in [6.07, 6.45) is 44.2. The molecule has 0 heterocycles. The van der Waals surface area contributed by atoms with Gasteiger partial charge < -0.3 is 24.6 Å². The van der Waals surface area contributed by atoms with Crippen molar-refractivity contribution in [1.82, 2.24) is 0 Å². The number of esters is 2. The normalized spacial score (nSPS) is 14.8. The van der Waals surface area contributed by atoms with E-state index < -0.39 is 51.8 Å². The van der Waals surface area contributed by atoms with Crippen molar-refractivity contribution in [3.63, 3.8) is 0 Å². The van der Waals surface area contributed by atoms with Crippen LogP contribution in [0.4, 0.5) is 0 Å². The molecule has 0 aliphatic carbocycles. The van der Waals surface area contributed by atoms with Crippen molar-refractivity contribution >= 4 is 19.8 Å². The summed E-state index contributed by atoms with van der Waals surface area (Å²) in [6.45, 7) is 2.15. The zero-order valence-electron chi connectivity index (χ0n) is 33.1. The van der Waals surface area contributed by atoms with Gasteiger partial charge in [0.1, 0.15) is 12.7 Å². The number of aliphatic hydroxyl groups is 2. The summed E-state index contributed by atoms with van der Waals surface area (Å²) in [6, 6.07) is 0. The molecule has 0 aliphatic rings. The van der Waals surface area contributed by atoms with E-state index in [2.05, 4.69) is 48.8 Å². The second kappa shape index (κ2) is 38.4. The van der Waals surface area contributed by atoms with Crippen molar-refractivity contribution in [2.45, 2.75) is 148 Å². The number of allylic oxidation sites excluding steroid dienone is 14. The second-order valence-corrected chi connectivity index (χ2v) is 14.5. The van der Waals surface area contributed by atoms with Gasteiger partial charge in [0.05, 0.1) is 19.8 Å². The first-order valence-corrected chi connectivity index (χ1v) is 21.6. The predicted octanol–water partition coefficient (Wildman–Crippen LogP) is 10.3. The molecule has 0 aromatic carbocycles.